The van der Waals surface area contributed by atoms with Crippen LogP contribution in [0.15, 0.2) is 65.8 Å². The zero-order chi connectivity index (χ0) is 30.0. The van der Waals surface area contributed by atoms with Gasteiger partial charge in [0, 0.05) is 43.0 Å². The molecule has 6 rings (SSSR count). The number of thioether (sulfide) groups is 1. The van der Waals surface area contributed by atoms with E-state index in [0.29, 0.717) is 53.8 Å². The molecule has 2 aliphatic heterocycles. The van der Waals surface area contributed by atoms with Crippen LogP contribution >= 0.6 is 11.8 Å². The molecule has 0 radical (unpaired) electrons. The third-order valence-corrected chi connectivity index (χ3v) is 8.16. The van der Waals surface area contributed by atoms with E-state index >= 15 is 0 Å². The fraction of sp³-hybridized carbons (Fsp3) is 0.267. The Morgan fingerprint density at radius 3 is 2.58 bits per heavy atom. The number of piperidine rings is 1. The predicted molar refractivity (Wildman–Crippen MR) is 158 cm³/mol. The second-order valence-corrected chi connectivity index (χ2v) is 11.3. The van der Waals surface area contributed by atoms with Gasteiger partial charge in [0.25, 0.3) is 11.1 Å². The number of aromatic nitrogens is 4. The molecular formula is C30H26F3N7O2S. The number of halogens is 3. The second kappa shape index (κ2) is 12.1. The minimum absolute atomic E-state index is 0.259. The van der Waals surface area contributed by atoms with Gasteiger partial charge in [-0.15, -0.1) is 0 Å². The van der Waals surface area contributed by atoms with Crippen LogP contribution in [-0.4, -0.2) is 50.7 Å². The molecule has 2 fully saturated rings. The highest BCUT2D eigenvalue weighted by molar-refractivity contribution is 8.18. The Bertz CT molecular complexity index is 1720. The smallest absolute Gasteiger partial charge is 0.341 e. The molecule has 43 heavy (non-hydrogen) atoms. The molecule has 0 bridgehead atoms. The molecule has 2 saturated heterocycles. The standard InChI is InChI=1S/C30H26F3N7O2S/c31-30(32,33)26-14-19(13-24(38-26)22-6-10-35-23-4-2-1-3-21(22)23)17-34-16-18-7-11-40(12-8-18)28-36-9-5-20(37-28)15-25-27(41)39-29(42)43-25/h1-6,9-10,13-15,18,34H,7-8,11-12,16-17H2,(H,39,41,42)/b25-15-. The van der Waals surface area contributed by atoms with Crippen LogP contribution in [-0.2, 0) is 17.5 Å². The number of pyridine rings is 2. The van der Waals surface area contributed by atoms with Crippen molar-refractivity contribution in [3.63, 3.8) is 0 Å². The summed E-state index contributed by atoms with van der Waals surface area (Å²) in [5, 5.41) is 5.90. The average Bonchev–Trinajstić information content (AvgIpc) is 3.32. The zero-order valence-electron chi connectivity index (χ0n) is 22.8. The molecule has 9 nitrogen and oxygen atoms in total. The first-order valence-corrected chi connectivity index (χ1v) is 14.5. The molecule has 1 aromatic carbocycles. The van der Waals surface area contributed by atoms with Gasteiger partial charge in [0.2, 0.25) is 5.95 Å². The highest BCUT2D eigenvalue weighted by Gasteiger charge is 2.33. The Morgan fingerprint density at radius 2 is 1.81 bits per heavy atom. The number of rotatable bonds is 7. The molecule has 0 aliphatic carbocycles. The fourth-order valence-electron chi connectivity index (χ4n) is 5.20. The van der Waals surface area contributed by atoms with Gasteiger partial charge in [0.15, 0.2) is 0 Å². The van der Waals surface area contributed by atoms with Crippen molar-refractivity contribution in [3.05, 3.63) is 82.8 Å². The number of anilines is 1. The van der Waals surface area contributed by atoms with Crippen molar-refractivity contribution < 1.29 is 22.8 Å². The van der Waals surface area contributed by atoms with Crippen LogP contribution in [0.4, 0.5) is 23.9 Å². The molecule has 2 aliphatic rings. The first-order chi connectivity index (χ1) is 20.7. The topological polar surface area (TPSA) is 113 Å². The number of nitrogens with zero attached hydrogens (tertiary/aromatic N) is 5. The Morgan fingerprint density at radius 1 is 1.02 bits per heavy atom. The minimum atomic E-state index is -4.57. The molecule has 13 heteroatoms. The van der Waals surface area contributed by atoms with Crippen LogP contribution in [0.5, 0.6) is 0 Å². The van der Waals surface area contributed by atoms with Gasteiger partial charge < -0.3 is 10.2 Å². The molecule has 0 unspecified atom stereocenters. The maximum atomic E-state index is 13.8. The van der Waals surface area contributed by atoms with Gasteiger partial charge in [0.05, 0.1) is 21.8 Å². The number of fused-ring (bicyclic) bond motifs is 1. The van der Waals surface area contributed by atoms with Crippen LogP contribution in [0.25, 0.3) is 28.2 Å². The van der Waals surface area contributed by atoms with Gasteiger partial charge >= 0.3 is 6.18 Å². The SMILES string of the molecule is O=C1NC(=O)/C(=C/c2ccnc(N3CCC(CNCc4cc(-c5ccnc6ccccc56)nc(C(F)(F)F)c4)CC3)n2)S1. The molecule has 0 saturated carbocycles. The van der Waals surface area contributed by atoms with Crippen LogP contribution in [0, 0.1) is 5.92 Å². The Kier molecular flexibility index (Phi) is 8.08. The third kappa shape index (κ3) is 6.67. The number of alkyl halides is 3. The molecule has 0 atom stereocenters. The van der Waals surface area contributed by atoms with E-state index < -0.39 is 23.0 Å². The van der Waals surface area contributed by atoms with Crippen LogP contribution in [0.2, 0.25) is 0 Å². The average molecular weight is 606 g/mol. The Labute approximate surface area is 249 Å². The molecule has 4 aromatic rings. The van der Waals surface area contributed by atoms with E-state index in [-0.39, 0.29) is 17.1 Å². The van der Waals surface area contributed by atoms with Gasteiger partial charge in [-0.05, 0) is 79.0 Å². The normalized spacial score (nSPS) is 17.2. The molecule has 2 amide bonds. The summed E-state index contributed by atoms with van der Waals surface area (Å²) >= 11 is 0.837. The lowest BCUT2D eigenvalue weighted by Crippen LogP contribution is -2.38. The number of imide groups is 1. The molecule has 220 valence electrons. The fourth-order valence-corrected chi connectivity index (χ4v) is 5.87. The van der Waals surface area contributed by atoms with E-state index in [4.69, 9.17) is 0 Å². The summed E-state index contributed by atoms with van der Waals surface area (Å²) in [5.74, 6) is 0.439. The van der Waals surface area contributed by atoms with E-state index in [1.807, 2.05) is 24.3 Å². The number of nitrogens with one attached hydrogen (secondary N) is 2. The second-order valence-electron chi connectivity index (χ2n) is 10.3. The van der Waals surface area contributed by atoms with Crippen molar-refractivity contribution in [1.82, 2.24) is 30.6 Å². The molecule has 0 spiro atoms. The van der Waals surface area contributed by atoms with Crippen LogP contribution in [0.1, 0.15) is 29.8 Å². The first-order valence-electron chi connectivity index (χ1n) is 13.7. The number of carbonyl (C=O) groups excluding carboxylic acids is 2. The maximum Gasteiger partial charge on any atom is 0.433 e. The lowest BCUT2D eigenvalue weighted by molar-refractivity contribution is -0.141. The number of benzene rings is 1. The molecule has 3 aromatic heterocycles. The predicted octanol–water partition coefficient (Wildman–Crippen LogP) is 5.44. The summed E-state index contributed by atoms with van der Waals surface area (Å²) in [6.45, 7) is 2.35. The van der Waals surface area contributed by atoms with Crippen molar-refractivity contribution in [2.45, 2.75) is 25.6 Å². The van der Waals surface area contributed by atoms with E-state index in [1.54, 1.807) is 36.7 Å². The zero-order valence-corrected chi connectivity index (χ0v) is 23.6. The van der Waals surface area contributed by atoms with Gasteiger partial charge in [-0.2, -0.15) is 13.2 Å². The molecule has 5 heterocycles. The van der Waals surface area contributed by atoms with Gasteiger partial charge in [-0.1, -0.05) is 18.2 Å². The number of amides is 2. The number of carbonyl (C=O) groups is 2. The minimum Gasteiger partial charge on any atom is -0.341 e. The number of hydrogen-bond donors (Lipinski definition) is 2. The summed E-state index contributed by atoms with van der Waals surface area (Å²) in [5.41, 5.74) is 1.67. The summed E-state index contributed by atoms with van der Waals surface area (Å²) in [6, 6.07) is 13.5. The molecule has 2 N–H and O–H groups in total. The summed E-state index contributed by atoms with van der Waals surface area (Å²) in [4.78, 5) is 42.8. The highest BCUT2D eigenvalue weighted by Crippen LogP contribution is 2.33. The highest BCUT2D eigenvalue weighted by atomic mass is 32.2. The summed E-state index contributed by atoms with van der Waals surface area (Å²) in [6.07, 6.45) is 1.90. The Hall–Kier alpha value is -4.36. The summed E-state index contributed by atoms with van der Waals surface area (Å²) < 4.78 is 41.3. The first kappa shape index (κ1) is 28.7. The van der Waals surface area contributed by atoms with Crippen molar-refractivity contribution in [1.29, 1.82) is 0 Å². The Balaban J connectivity index is 1.09. The third-order valence-electron chi connectivity index (χ3n) is 7.35. The van der Waals surface area contributed by atoms with Crippen molar-refractivity contribution in [2.24, 2.45) is 5.92 Å². The number of hydrogen-bond acceptors (Lipinski definition) is 9. The largest absolute Gasteiger partial charge is 0.433 e. The lowest BCUT2D eigenvalue weighted by Gasteiger charge is -2.32. The lowest BCUT2D eigenvalue weighted by atomic mass is 9.97. The van der Waals surface area contributed by atoms with Gasteiger partial charge in [0.1, 0.15) is 5.69 Å². The van der Waals surface area contributed by atoms with Crippen LogP contribution in [0.3, 0.4) is 0 Å². The van der Waals surface area contributed by atoms with E-state index in [0.717, 1.165) is 36.1 Å². The van der Waals surface area contributed by atoms with Gasteiger partial charge in [-0.25, -0.2) is 15.0 Å². The van der Waals surface area contributed by atoms with E-state index in [2.05, 4.69) is 35.5 Å². The quantitative estimate of drug-likeness (QED) is 0.266. The number of para-hydroxylation sites is 1. The van der Waals surface area contributed by atoms with Crippen LogP contribution < -0.4 is 15.5 Å². The molecular weight excluding hydrogens is 579 g/mol. The van der Waals surface area contributed by atoms with Crippen molar-refractivity contribution in [2.75, 3.05) is 24.5 Å². The van der Waals surface area contributed by atoms with Crippen molar-refractivity contribution in [3.8, 4) is 11.3 Å². The summed E-state index contributed by atoms with van der Waals surface area (Å²) in [7, 11) is 0. The monoisotopic (exact) mass is 605 g/mol. The van der Waals surface area contributed by atoms with E-state index in [9.17, 15) is 22.8 Å². The maximum absolute atomic E-state index is 13.8. The van der Waals surface area contributed by atoms with Crippen molar-refractivity contribution >= 4 is 45.8 Å². The van der Waals surface area contributed by atoms with E-state index in [1.165, 1.54) is 0 Å². The van der Waals surface area contributed by atoms with Gasteiger partial charge in [-0.3, -0.25) is 19.9 Å².